The zero-order valence-corrected chi connectivity index (χ0v) is 11.7. The number of benzene rings is 1. The van der Waals surface area contributed by atoms with Crippen molar-refractivity contribution in [2.24, 2.45) is 5.73 Å². The van der Waals surface area contributed by atoms with Crippen LogP contribution in [-0.2, 0) is 0 Å². The van der Waals surface area contributed by atoms with Crippen LogP contribution in [0.2, 0.25) is 5.02 Å². The molecule has 0 aliphatic heterocycles. The molecule has 0 fully saturated rings. The second-order valence-corrected chi connectivity index (χ2v) is 4.81. The third-order valence-electron chi connectivity index (χ3n) is 1.50. The number of thiocarbonyl (C=S) groups is 1. The lowest BCUT2D eigenvalue weighted by Gasteiger charge is -2.13. The summed E-state index contributed by atoms with van der Waals surface area (Å²) in [5, 5.41) is 2.56. The van der Waals surface area contributed by atoms with Gasteiger partial charge in [-0.15, -0.1) is 13.2 Å². The summed E-state index contributed by atoms with van der Waals surface area (Å²) in [5.41, 5.74) is 5.59. The summed E-state index contributed by atoms with van der Waals surface area (Å²) in [6, 6.07) is 2.19. The molecule has 3 N–H and O–H groups in total. The minimum Gasteiger partial charge on any atom is -0.406 e. The van der Waals surface area contributed by atoms with E-state index in [4.69, 9.17) is 17.3 Å². The van der Waals surface area contributed by atoms with Crippen molar-refractivity contribution in [2.45, 2.75) is 6.36 Å². The first-order valence-corrected chi connectivity index (χ1v) is 5.87. The van der Waals surface area contributed by atoms with E-state index in [0.717, 1.165) is 6.07 Å². The standard InChI is InChI=1S/C8H5ClF3IN2OS/c9-4-1-3(16-8(10,11)12)2-5(13)6(4)15-7(14)17/h1-2H,(H3,14,15,17). The highest BCUT2D eigenvalue weighted by Crippen LogP contribution is 2.34. The van der Waals surface area contributed by atoms with Gasteiger partial charge in [0.2, 0.25) is 0 Å². The van der Waals surface area contributed by atoms with E-state index in [1.54, 1.807) is 22.6 Å². The van der Waals surface area contributed by atoms with Crippen LogP contribution < -0.4 is 15.8 Å². The molecule has 3 nitrogen and oxygen atoms in total. The fraction of sp³-hybridized carbons (Fsp3) is 0.125. The Morgan fingerprint density at radius 3 is 2.47 bits per heavy atom. The number of anilines is 1. The Bertz CT molecular complexity index is 432. The van der Waals surface area contributed by atoms with E-state index in [0.29, 0.717) is 9.26 Å². The summed E-state index contributed by atoms with van der Waals surface area (Å²) < 4.78 is 40.1. The summed E-state index contributed by atoms with van der Waals surface area (Å²) in [7, 11) is 0. The van der Waals surface area contributed by atoms with E-state index in [-0.39, 0.29) is 10.1 Å². The molecule has 1 aromatic carbocycles. The fourth-order valence-electron chi connectivity index (χ4n) is 0.985. The third kappa shape index (κ3) is 4.72. The van der Waals surface area contributed by atoms with Crippen LogP contribution in [0.5, 0.6) is 5.75 Å². The lowest BCUT2D eigenvalue weighted by atomic mass is 10.3. The summed E-state index contributed by atoms with van der Waals surface area (Å²) in [5.74, 6) is -0.402. The molecule has 0 unspecified atom stereocenters. The second-order valence-electron chi connectivity index (χ2n) is 2.80. The summed E-state index contributed by atoms with van der Waals surface area (Å²) >= 11 is 12.2. The molecule has 0 aliphatic carbocycles. The van der Waals surface area contributed by atoms with Gasteiger partial charge in [-0.3, -0.25) is 0 Å². The van der Waals surface area contributed by atoms with Crippen LogP contribution >= 0.6 is 46.4 Å². The molecule has 0 spiro atoms. The molecular formula is C8H5ClF3IN2OS. The number of halogens is 5. The Hall–Kier alpha value is -0.480. The summed E-state index contributed by atoms with van der Waals surface area (Å²) in [4.78, 5) is 0. The molecule has 1 aromatic rings. The average Bonchev–Trinajstić information content (AvgIpc) is 2.08. The number of rotatable bonds is 2. The Labute approximate surface area is 119 Å². The number of hydrogen-bond donors (Lipinski definition) is 2. The van der Waals surface area contributed by atoms with Gasteiger partial charge < -0.3 is 15.8 Å². The van der Waals surface area contributed by atoms with Gasteiger partial charge in [0, 0.05) is 9.64 Å². The van der Waals surface area contributed by atoms with Crippen LogP contribution in [0, 0.1) is 3.57 Å². The van der Waals surface area contributed by atoms with E-state index in [1.165, 1.54) is 6.07 Å². The second kappa shape index (κ2) is 5.44. The van der Waals surface area contributed by atoms with Gasteiger partial charge in [-0.1, -0.05) is 11.6 Å². The van der Waals surface area contributed by atoms with Crippen LogP contribution in [0.4, 0.5) is 18.9 Å². The topological polar surface area (TPSA) is 47.3 Å². The maximum absolute atomic E-state index is 12.0. The maximum Gasteiger partial charge on any atom is 0.573 e. The smallest absolute Gasteiger partial charge is 0.406 e. The third-order valence-corrected chi connectivity index (χ3v) is 2.75. The van der Waals surface area contributed by atoms with Gasteiger partial charge in [0.25, 0.3) is 0 Å². The van der Waals surface area contributed by atoms with Crippen molar-refractivity contribution in [3.8, 4) is 5.75 Å². The van der Waals surface area contributed by atoms with Gasteiger partial charge in [0.05, 0.1) is 10.7 Å². The first kappa shape index (κ1) is 14.6. The fourth-order valence-corrected chi connectivity index (χ4v) is 2.24. The minimum atomic E-state index is -4.76. The molecule has 0 atom stereocenters. The summed E-state index contributed by atoms with van der Waals surface area (Å²) in [6.07, 6.45) is -4.76. The van der Waals surface area contributed by atoms with Crippen LogP contribution in [0.3, 0.4) is 0 Å². The SMILES string of the molecule is NC(=S)Nc1c(Cl)cc(OC(F)(F)F)cc1I. The van der Waals surface area contributed by atoms with E-state index in [9.17, 15) is 13.2 Å². The average molecular weight is 397 g/mol. The van der Waals surface area contributed by atoms with Crippen molar-refractivity contribution < 1.29 is 17.9 Å². The van der Waals surface area contributed by atoms with E-state index in [2.05, 4.69) is 22.3 Å². The van der Waals surface area contributed by atoms with Gasteiger partial charge in [0.1, 0.15) is 5.75 Å². The zero-order valence-electron chi connectivity index (χ0n) is 7.94. The molecule has 0 aromatic heterocycles. The molecule has 17 heavy (non-hydrogen) atoms. The minimum absolute atomic E-state index is 0.0314. The number of alkyl halides is 3. The Kier molecular flexibility index (Phi) is 4.67. The van der Waals surface area contributed by atoms with Crippen molar-refractivity contribution in [1.82, 2.24) is 0 Å². The molecule has 0 saturated heterocycles. The number of hydrogen-bond acceptors (Lipinski definition) is 2. The zero-order chi connectivity index (χ0) is 13.2. The van der Waals surface area contributed by atoms with Crippen molar-refractivity contribution >= 4 is 57.2 Å². The highest BCUT2D eigenvalue weighted by molar-refractivity contribution is 14.1. The van der Waals surface area contributed by atoms with Crippen molar-refractivity contribution in [2.75, 3.05) is 5.32 Å². The largest absolute Gasteiger partial charge is 0.573 e. The molecule has 0 bridgehead atoms. The van der Waals surface area contributed by atoms with Crippen LogP contribution in [0.25, 0.3) is 0 Å². The lowest BCUT2D eigenvalue weighted by Crippen LogP contribution is -2.20. The van der Waals surface area contributed by atoms with Crippen LogP contribution in [0.1, 0.15) is 0 Å². The van der Waals surface area contributed by atoms with Crippen molar-refractivity contribution in [1.29, 1.82) is 0 Å². The van der Waals surface area contributed by atoms with Crippen LogP contribution in [0.15, 0.2) is 12.1 Å². The van der Waals surface area contributed by atoms with Gasteiger partial charge in [-0.25, -0.2) is 0 Å². The molecule has 0 saturated carbocycles. The predicted octanol–water partition coefficient (Wildman–Crippen LogP) is 3.50. The van der Waals surface area contributed by atoms with Crippen molar-refractivity contribution in [3.63, 3.8) is 0 Å². The highest BCUT2D eigenvalue weighted by atomic mass is 127. The number of nitrogens with one attached hydrogen (secondary N) is 1. The molecule has 0 aliphatic rings. The maximum atomic E-state index is 12.0. The Morgan fingerprint density at radius 1 is 1.47 bits per heavy atom. The molecule has 1 rings (SSSR count). The quantitative estimate of drug-likeness (QED) is 0.593. The Morgan fingerprint density at radius 2 is 2.06 bits per heavy atom. The van der Waals surface area contributed by atoms with Crippen molar-refractivity contribution in [3.05, 3.63) is 20.7 Å². The molecular weight excluding hydrogens is 392 g/mol. The monoisotopic (exact) mass is 396 g/mol. The van der Waals surface area contributed by atoms with Gasteiger partial charge in [0.15, 0.2) is 5.11 Å². The van der Waals surface area contributed by atoms with E-state index >= 15 is 0 Å². The van der Waals surface area contributed by atoms with Crippen LogP contribution in [-0.4, -0.2) is 11.5 Å². The Balaban J connectivity index is 3.05. The van der Waals surface area contributed by atoms with E-state index in [1.807, 2.05) is 0 Å². The van der Waals surface area contributed by atoms with E-state index < -0.39 is 12.1 Å². The normalized spacial score (nSPS) is 11.1. The molecule has 0 amide bonds. The number of nitrogens with two attached hydrogens (primary N) is 1. The van der Waals surface area contributed by atoms with Gasteiger partial charge >= 0.3 is 6.36 Å². The summed E-state index contributed by atoms with van der Waals surface area (Å²) in [6.45, 7) is 0. The molecule has 0 heterocycles. The molecule has 0 radical (unpaired) electrons. The first-order chi connectivity index (χ1) is 7.69. The predicted molar refractivity (Wildman–Crippen MR) is 71.3 cm³/mol. The number of ether oxygens (including phenoxy) is 1. The first-order valence-electron chi connectivity index (χ1n) is 4.00. The molecule has 9 heteroatoms. The van der Waals surface area contributed by atoms with Gasteiger partial charge in [-0.05, 0) is 40.9 Å². The van der Waals surface area contributed by atoms with Gasteiger partial charge in [-0.2, -0.15) is 0 Å². The molecule has 94 valence electrons. The lowest BCUT2D eigenvalue weighted by molar-refractivity contribution is -0.274. The highest BCUT2D eigenvalue weighted by Gasteiger charge is 2.31.